The lowest BCUT2D eigenvalue weighted by Crippen LogP contribution is -2.34. The van der Waals surface area contributed by atoms with Gasteiger partial charge in [0.05, 0.1) is 25.1 Å². The number of rotatable bonds is 9. The van der Waals surface area contributed by atoms with E-state index in [-0.39, 0.29) is 18.0 Å². The number of nitrogens with zero attached hydrogens (tertiary/aromatic N) is 3. The molecule has 0 fully saturated rings. The van der Waals surface area contributed by atoms with Gasteiger partial charge >= 0.3 is 0 Å². The lowest BCUT2D eigenvalue weighted by atomic mass is 10.2. The first-order valence-corrected chi connectivity index (χ1v) is 11.1. The number of benzene rings is 2. The minimum absolute atomic E-state index is 0.0104. The molecule has 2 aromatic heterocycles. The number of nitrogens with one attached hydrogen (secondary N) is 2. The van der Waals surface area contributed by atoms with E-state index in [0.29, 0.717) is 23.3 Å². The zero-order valence-corrected chi connectivity index (χ0v) is 18.5. The van der Waals surface area contributed by atoms with Crippen molar-refractivity contribution in [1.29, 1.82) is 0 Å². The fourth-order valence-corrected chi connectivity index (χ4v) is 3.80. The van der Waals surface area contributed by atoms with Gasteiger partial charge in [0.25, 0.3) is 0 Å². The molecule has 11 heteroatoms. The van der Waals surface area contributed by atoms with Gasteiger partial charge in [-0.1, -0.05) is 42.1 Å². The van der Waals surface area contributed by atoms with Crippen molar-refractivity contribution in [1.82, 2.24) is 20.1 Å². The number of hydrogen-bond donors (Lipinski definition) is 2. The van der Waals surface area contributed by atoms with Crippen molar-refractivity contribution in [3.05, 3.63) is 84.1 Å². The SMILES string of the molecule is O=C(CSc1nnc(-c2ccco2)n1Cc1ccccc1)NCC(=O)Nc1ccc(F)c(F)c1. The predicted molar refractivity (Wildman–Crippen MR) is 122 cm³/mol. The highest BCUT2D eigenvalue weighted by Gasteiger charge is 2.18. The first-order chi connectivity index (χ1) is 16.5. The van der Waals surface area contributed by atoms with Crippen LogP contribution in [0.4, 0.5) is 14.5 Å². The Morgan fingerprint density at radius 2 is 1.79 bits per heavy atom. The van der Waals surface area contributed by atoms with E-state index in [0.717, 1.165) is 29.5 Å². The molecule has 8 nitrogen and oxygen atoms in total. The number of anilines is 1. The standard InChI is InChI=1S/C23H19F2N5O3S/c24-17-9-8-16(11-18(17)25)27-20(31)12-26-21(32)14-34-23-29-28-22(19-7-4-10-33-19)30(23)13-15-5-2-1-3-6-15/h1-11H,12-14H2,(H,26,32)(H,27,31). The fourth-order valence-electron chi connectivity index (χ4n) is 3.03. The first-order valence-electron chi connectivity index (χ1n) is 10.1. The Kier molecular flexibility index (Phi) is 7.33. The van der Waals surface area contributed by atoms with Gasteiger partial charge in [-0.2, -0.15) is 0 Å². The average molecular weight is 484 g/mol. The molecule has 4 aromatic rings. The third-order valence-corrected chi connectivity index (χ3v) is 5.59. The second-order valence-electron chi connectivity index (χ2n) is 7.10. The fraction of sp³-hybridized carbons (Fsp3) is 0.130. The van der Waals surface area contributed by atoms with Gasteiger partial charge in [0.15, 0.2) is 22.6 Å². The van der Waals surface area contributed by atoms with Crippen molar-refractivity contribution in [2.24, 2.45) is 0 Å². The second kappa shape index (κ2) is 10.8. The summed E-state index contributed by atoms with van der Waals surface area (Å²) in [4.78, 5) is 24.3. The Balaban J connectivity index is 1.35. The Labute approximate surface area is 197 Å². The van der Waals surface area contributed by atoms with Crippen LogP contribution in [0.25, 0.3) is 11.6 Å². The molecule has 34 heavy (non-hydrogen) atoms. The topological polar surface area (TPSA) is 102 Å². The molecule has 0 spiro atoms. The number of amides is 2. The van der Waals surface area contributed by atoms with Gasteiger partial charge in [-0.3, -0.25) is 14.2 Å². The van der Waals surface area contributed by atoms with Crippen LogP contribution in [0, 0.1) is 11.6 Å². The smallest absolute Gasteiger partial charge is 0.243 e. The Hall–Kier alpha value is -3.99. The normalized spacial score (nSPS) is 10.8. The second-order valence-corrected chi connectivity index (χ2v) is 8.04. The van der Waals surface area contributed by atoms with Crippen molar-refractivity contribution >= 4 is 29.3 Å². The number of halogens is 2. The van der Waals surface area contributed by atoms with Crippen molar-refractivity contribution < 1.29 is 22.8 Å². The van der Waals surface area contributed by atoms with Crippen LogP contribution < -0.4 is 10.6 Å². The largest absolute Gasteiger partial charge is 0.461 e. The summed E-state index contributed by atoms with van der Waals surface area (Å²) in [5, 5.41) is 13.8. The predicted octanol–water partition coefficient (Wildman–Crippen LogP) is 3.71. The van der Waals surface area contributed by atoms with E-state index in [2.05, 4.69) is 20.8 Å². The van der Waals surface area contributed by atoms with Gasteiger partial charge in [-0.25, -0.2) is 8.78 Å². The third kappa shape index (κ3) is 5.87. The highest BCUT2D eigenvalue weighted by molar-refractivity contribution is 7.99. The molecule has 0 radical (unpaired) electrons. The van der Waals surface area contributed by atoms with Crippen molar-refractivity contribution in [3.8, 4) is 11.6 Å². The number of furan rings is 1. The summed E-state index contributed by atoms with van der Waals surface area (Å²) >= 11 is 1.16. The van der Waals surface area contributed by atoms with E-state index in [1.165, 1.54) is 6.07 Å². The summed E-state index contributed by atoms with van der Waals surface area (Å²) in [6.07, 6.45) is 1.54. The molecule has 0 unspecified atom stereocenters. The van der Waals surface area contributed by atoms with Crippen LogP contribution >= 0.6 is 11.8 Å². The van der Waals surface area contributed by atoms with E-state index >= 15 is 0 Å². The third-order valence-electron chi connectivity index (χ3n) is 4.62. The quantitative estimate of drug-likeness (QED) is 0.352. The number of hydrogen-bond acceptors (Lipinski definition) is 6. The molecular weight excluding hydrogens is 464 g/mol. The minimum Gasteiger partial charge on any atom is -0.461 e. The van der Waals surface area contributed by atoms with Crippen LogP contribution in [0.15, 0.2) is 76.5 Å². The number of thioether (sulfide) groups is 1. The molecule has 2 aromatic carbocycles. The first kappa shape index (κ1) is 23.2. The van der Waals surface area contributed by atoms with Crippen molar-refractivity contribution in [2.75, 3.05) is 17.6 Å². The van der Waals surface area contributed by atoms with E-state index in [9.17, 15) is 18.4 Å². The summed E-state index contributed by atoms with van der Waals surface area (Å²) in [6, 6.07) is 16.2. The summed E-state index contributed by atoms with van der Waals surface area (Å²) in [7, 11) is 0. The monoisotopic (exact) mass is 483 g/mol. The van der Waals surface area contributed by atoms with E-state index in [1.54, 1.807) is 18.4 Å². The Bertz CT molecular complexity index is 1280. The van der Waals surface area contributed by atoms with Gasteiger partial charge < -0.3 is 15.1 Å². The molecule has 2 amide bonds. The average Bonchev–Trinajstić information content (AvgIpc) is 3.49. The lowest BCUT2D eigenvalue weighted by molar-refractivity contribution is -0.122. The van der Waals surface area contributed by atoms with Gasteiger partial charge in [-0.05, 0) is 29.8 Å². The Morgan fingerprint density at radius 1 is 0.971 bits per heavy atom. The van der Waals surface area contributed by atoms with E-state index in [1.807, 2.05) is 34.9 Å². The number of carbonyl (C=O) groups is 2. The van der Waals surface area contributed by atoms with Crippen molar-refractivity contribution in [3.63, 3.8) is 0 Å². The van der Waals surface area contributed by atoms with Crippen LogP contribution in [0.5, 0.6) is 0 Å². The van der Waals surface area contributed by atoms with Crippen LogP contribution in [-0.4, -0.2) is 38.9 Å². The summed E-state index contributed by atoms with van der Waals surface area (Å²) in [5.74, 6) is -2.00. The maximum Gasteiger partial charge on any atom is 0.243 e. The molecule has 174 valence electrons. The molecule has 0 aliphatic heterocycles. The molecule has 0 saturated carbocycles. The highest BCUT2D eigenvalue weighted by atomic mass is 32.2. The van der Waals surface area contributed by atoms with Gasteiger partial charge in [-0.15, -0.1) is 10.2 Å². The van der Waals surface area contributed by atoms with Crippen LogP contribution in [0.3, 0.4) is 0 Å². The molecule has 0 bridgehead atoms. The van der Waals surface area contributed by atoms with Crippen LogP contribution in [-0.2, 0) is 16.1 Å². The van der Waals surface area contributed by atoms with Gasteiger partial charge in [0.2, 0.25) is 17.6 Å². The molecule has 2 heterocycles. The summed E-state index contributed by atoms with van der Waals surface area (Å²) in [5.41, 5.74) is 1.11. The van der Waals surface area contributed by atoms with Crippen LogP contribution in [0.1, 0.15) is 5.56 Å². The van der Waals surface area contributed by atoms with Gasteiger partial charge in [0.1, 0.15) is 0 Å². The summed E-state index contributed by atoms with van der Waals surface area (Å²) < 4.78 is 33.5. The molecule has 0 atom stereocenters. The zero-order valence-electron chi connectivity index (χ0n) is 17.7. The summed E-state index contributed by atoms with van der Waals surface area (Å²) in [6.45, 7) is 0.150. The molecule has 4 rings (SSSR count). The molecule has 2 N–H and O–H groups in total. The molecule has 0 aliphatic carbocycles. The van der Waals surface area contributed by atoms with Gasteiger partial charge in [0, 0.05) is 11.8 Å². The Morgan fingerprint density at radius 3 is 2.53 bits per heavy atom. The number of carbonyl (C=O) groups excluding carboxylic acids is 2. The zero-order chi connectivity index (χ0) is 23.9. The molecular formula is C23H19F2N5O3S. The highest BCUT2D eigenvalue weighted by Crippen LogP contribution is 2.25. The number of aromatic nitrogens is 3. The maximum atomic E-state index is 13.2. The van der Waals surface area contributed by atoms with E-state index in [4.69, 9.17) is 4.42 Å². The molecule has 0 aliphatic rings. The lowest BCUT2D eigenvalue weighted by Gasteiger charge is -2.10. The van der Waals surface area contributed by atoms with Crippen LogP contribution in [0.2, 0.25) is 0 Å². The van der Waals surface area contributed by atoms with E-state index < -0.39 is 23.4 Å². The minimum atomic E-state index is -1.08. The van der Waals surface area contributed by atoms with Crippen molar-refractivity contribution in [2.45, 2.75) is 11.7 Å². The maximum absolute atomic E-state index is 13.2. The molecule has 0 saturated heterocycles.